The van der Waals surface area contributed by atoms with E-state index >= 15 is 0 Å². The largest absolute Gasteiger partial charge is 0.399 e. The zero-order valence-corrected chi connectivity index (χ0v) is 13.4. The van der Waals surface area contributed by atoms with Crippen molar-refractivity contribution in [3.8, 4) is 0 Å². The van der Waals surface area contributed by atoms with Crippen LogP contribution in [0.2, 0.25) is 0 Å². The Kier molecular flexibility index (Phi) is 4.92. The van der Waals surface area contributed by atoms with E-state index in [1.54, 1.807) is 12.1 Å². The molecule has 0 aliphatic rings. The van der Waals surface area contributed by atoms with Gasteiger partial charge in [0.2, 0.25) is 5.91 Å². The number of carbonyl (C=O) groups is 1. The Balaban J connectivity index is 1.80. The van der Waals surface area contributed by atoms with E-state index in [0.717, 1.165) is 16.8 Å². The number of carbonyl (C=O) groups excluding carboxylic acids is 1. The van der Waals surface area contributed by atoms with Crippen molar-refractivity contribution in [2.24, 2.45) is 0 Å². The molecule has 0 aromatic heterocycles. The molecule has 0 aliphatic heterocycles. The number of anilines is 2. The number of nitrogens with two attached hydrogens (primary N) is 1. The van der Waals surface area contributed by atoms with Gasteiger partial charge in [-0.25, -0.2) is 0 Å². The van der Waals surface area contributed by atoms with E-state index in [4.69, 9.17) is 5.73 Å². The molecular weight excluding hydrogens is 296 g/mol. The van der Waals surface area contributed by atoms with Gasteiger partial charge >= 0.3 is 0 Å². The Morgan fingerprint density at radius 2 is 1.42 bits per heavy atom. The molecule has 24 heavy (non-hydrogen) atoms. The standard InChI is InChI=1S/C21H20N2O/c22-18-12-7-13-19(14-18)23-21(24)15-20(16-8-3-1-4-9-16)17-10-5-2-6-11-17/h1-14,20H,15,22H2,(H,23,24). The third kappa shape index (κ3) is 4.02. The second kappa shape index (κ2) is 7.47. The van der Waals surface area contributed by atoms with E-state index in [0.29, 0.717) is 12.1 Å². The lowest BCUT2D eigenvalue weighted by molar-refractivity contribution is -0.116. The summed E-state index contributed by atoms with van der Waals surface area (Å²) in [6.07, 6.45) is 0.378. The number of nitrogens with one attached hydrogen (secondary N) is 1. The van der Waals surface area contributed by atoms with Crippen LogP contribution in [0, 0.1) is 0 Å². The Morgan fingerprint density at radius 1 is 0.833 bits per heavy atom. The molecule has 0 radical (unpaired) electrons. The van der Waals surface area contributed by atoms with Gasteiger partial charge in [-0.1, -0.05) is 66.7 Å². The van der Waals surface area contributed by atoms with Crippen LogP contribution in [0.5, 0.6) is 0 Å². The summed E-state index contributed by atoms with van der Waals surface area (Å²) < 4.78 is 0. The maximum atomic E-state index is 12.5. The predicted molar refractivity (Wildman–Crippen MR) is 98.8 cm³/mol. The van der Waals surface area contributed by atoms with Crippen molar-refractivity contribution in [2.75, 3.05) is 11.1 Å². The first-order chi connectivity index (χ1) is 11.7. The van der Waals surface area contributed by atoms with Crippen LogP contribution < -0.4 is 11.1 Å². The smallest absolute Gasteiger partial charge is 0.225 e. The molecular formula is C21H20N2O. The van der Waals surface area contributed by atoms with E-state index in [1.165, 1.54) is 0 Å². The molecule has 0 fully saturated rings. The highest BCUT2D eigenvalue weighted by molar-refractivity contribution is 5.92. The van der Waals surface area contributed by atoms with Crippen LogP contribution in [-0.2, 0) is 4.79 Å². The number of rotatable bonds is 5. The molecule has 3 aromatic rings. The minimum atomic E-state index is -0.0293. The Hall–Kier alpha value is -3.07. The van der Waals surface area contributed by atoms with Crippen molar-refractivity contribution in [1.29, 1.82) is 0 Å². The molecule has 0 unspecified atom stereocenters. The van der Waals surface area contributed by atoms with Crippen molar-refractivity contribution in [3.05, 3.63) is 96.1 Å². The fourth-order valence-corrected chi connectivity index (χ4v) is 2.81. The zero-order chi connectivity index (χ0) is 16.8. The predicted octanol–water partition coefficient (Wildman–Crippen LogP) is 4.43. The van der Waals surface area contributed by atoms with Crippen LogP contribution in [0.3, 0.4) is 0 Å². The van der Waals surface area contributed by atoms with Gasteiger partial charge in [-0.15, -0.1) is 0 Å². The van der Waals surface area contributed by atoms with Crippen LogP contribution in [0.25, 0.3) is 0 Å². The van der Waals surface area contributed by atoms with Gasteiger partial charge in [0.25, 0.3) is 0 Å². The van der Waals surface area contributed by atoms with Crippen LogP contribution in [0.4, 0.5) is 11.4 Å². The van der Waals surface area contributed by atoms with Gasteiger partial charge in [0.15, 0.2) is 0 Å². The minimum absolute atomic E-state index is 0.0217. The molecule has 0 atom stereocenters. The lowest BCUT2D eigenvalue weighted by Gasteiger charge is -2.18. The van der Waals surface area contributed by atoms with E-state index in [2.05, 4.69) is 29.6 Å². The molecule has 3 rings (SSSR count). The monoisotopic (exact) mass is 316 g/mol. The first-order valence-electron chi connectivity index (χ1n) is 7.97. The number of hydrogen-bond acceptors (Lipinski definition) is 2. The van der Waals surface area contributed by atoms with Crippen LogP contribution in [0.1, 0.15) is 23.5 Å². The van der Waals surface area contributed by atoms with Gasteiger partial charge < -0.3 is 11.1 Å². The summed E-state index contributed by atoms with van der Waals surface area (Å²) in [5, 5.41) is 2.93. The van der Waals surface area contributed by atoms with Crippen molar-refractivity contribution in [3.63, 3.8) is 0 Å². The first-order valence-corrected chi connectivity index (χ1v) is 7.97. The zero-order valence-electron chi connectivity index (χ0n) is 13.4. The van der Waals surface area contributed by atoms with Crippen LogP contribution in [0.15, 0.2) is 84.9 Å². The lowest BCUT2D eigenvalue weighted by atomic mass is 9.88. The van der Waals surface area contributed by atoms with Crippen molar-refractivity contribution < 1.29 is 4.79 Å². The second-order valence-corrected chi connectivity index (χ2v) is 5.75. The summed E-state index contributed by atoms with van der Waals surface area (Å²) in [6.45, 7) is 0. The van der Waals surface area contributed by atoms with E-state index in [-0.39, 0.29) is 11.8 Å². The molecule has 3 aromatic carbocycles. The first kappa shape index (κ1) is 15.8. The summed E-state index contributed by atoms with van der Waals surface area (Å²) >= 11 is 0. The molecule has 120 valence electrons. The quantitative estimate of drug-likeness (QED) is 0.684. The van der Waals surface area contributed by atoms with Crippen molar-refractivity contribution in [1.82, 2.24) is 0 Å². The maximum Gasteiger partial charge on any atom is 0.225 e. The van der Waals surface area contributed by atoms with Gasteiger partial charge in [-0.3, -0.25) is 4.79 Å². The highest BCUT2D eigenvalue weighted by atomic mass is 16.1. The fraction of sp³-hybridized carbons (Fsp3) is 0.0952. The van der Waals surface area contributed by atoms with E-state index in [1.807, 2.05) is 48.5 Å². The summed E-state index contributed by atoms with van der Waals surface area (Å²) in [6, 6.07) is 27.4. The van der Waals surface area contributed by atoms with Crippen molar-refractivity contribution >= 4 is 17.3 Å². The normalized spacial score (nSPS) is 10.5. The molecule has 0 heterocycles. The average Bonchev–Trinajstić information content (AvgIpc) is 2.61. The Morgan fingerprint density at radius 3 is 1.96 bits per heavy atom. The highest BCUT2D eigenvalue weighted by Gasteiger charge is 2.18. The summed E-state index contributed by atoms with van der Waals surface area (Å²) in [5.74, 6) is -0.00762. The number of hydrogen-bond donors (Lipinski definition) is 2. The summed E-state index contributed by atoms with van der Waals surface area (Å²) in [4.78, 5) is 12.5. The molecule has 3 N–H and O–H groups in total. The molecule has 0 spiro atoms. The average molecular weight is 316 g/mol. The van der Waals surface area contributed by atoms with Gasteiger partial charge in [-0.2, -0.15) is 0 Å². The lowest BCUT2D eigenvalue weighted by Crippen LogP contribution is -2.16. The summed E-state index contributed by atoms with van der Waals surface area (Å²) in [7, 11) is 0. The molecule has 0 bridgehead atoms. The van der Waals surface area contributed by atoms with Gasteiger partial charge in [0.1, 0.15) is 0 Å². The SMILES string of the molecule is Nc1cccc(NC(=O)CC(c2ccccc2)c2ccccc2)c1. The van der Waals surface area contributed by atoms with Crippen molar-refractivity contribution in [2.45, 2.75) is 12.3 Å². The third-order valence-corrected chi connectivity index (χ3v) is 3.96. The van der Waals surface area contributed by atoms with Gasteiger partial charge in [0, 0.05) is 23.7 Å². The molecule has 0 saturated carbocycles. The second-order valence-electron chi connectivity index (χ2n) is 5.75. The maximum absolute atomic E-state index is 12.5. The minimum Gasteiger partial charge on any atom is -0.399 e. The fourth-order valence-electron chi connectivity index (χ4n) is 2.81. The molecule has 1 amide bonds. The summed E-state index contributed by atoms with van der Waals surface area (Å²) in [5.41, 5.74) is 9.39. The number of nitrogen functional groups attached to an aromatic ring is 1. The Labute approximate surface area is 142 Å². The number of benzene rings is 3. The van der Waals surface area contributed by atoms with E-state index < -0.39 is 0 Å². The molecule has 0 aliphatic carbocycles. The van der Waals surface area contributed by atoms with E-state index in [9.17, 15) is 4.79 Å². The topological polar surface area (TPSA) is 55.1 Å². The van der Waals surface area contributed by atoms with Gasteiger partial charge in [-0.05, 0) is 29.3 Å². The van der Waals surface area contributed by atoms with Crippen LogP contribution in [-0.4, -0.2) is 5.91 Å². The highest BCUT2D eigenvalue weighted by Crippen LogP contribution is 2.28. The van der Waals surface area contributed by atoms with Crippen LogP contribution >= 0.6 is 0 Å². The van der Waals surface area contributed by atoms with Gasteiger partial charge in [0.05, 0.1) is 0 Å². The molecule has 3 nitrogen and oxygen atoms in total. The third-order valence-electron chi connectivity index (χ3n) is 3.96. The molecule has 0 saturated heterocycles. The Bertz CT molecular complexity index is 761. The molecule has 3 heteroatoms. The number of amides is 1.